The molecule has 1 aliphatic rings. The molecule has 1 heterocycles. The minimum Gasteiger partial charge on any atom is -0.485 e. The molecule has 0 atom stereocenters. The summed E-state index contributed by atoms with van der Waals surface area (Å²) < 4.78 is 5.54. The van der Waals surface area contributed by atoms with Crippen molar-refractivity contribution in [2.75, 3.05) is 11.5 Å². The van der Waals surface area contributed by atoms with E-state index in [0.717, 1.165) is 16.9 Å². The van der Waals surface area contributed by atoms with Gasteiger partial charge in [0.05, 0.1) is 28.3 Å². The predicted molar refractivity (Wildman–Crippen MR) is 96.4 cm³/mol. The number of hydrogen-bond donors (Lipinski definition) is 0. The van der Waals surface area contributed by atoms with Crippen LogP contribution in [0.25, 0.3) is 0 Å². The van der Waals surface area contributed by atoms with Crippen LogP contribution in [0.1, 0.15) is 25.0 Å². The SMILES string of the molecule is C=C1COc2cc([N+](=O)[O-])ccc2N1Cc1ccc(C#N)cc1.CC. The normalized spacial score (nSPS) is 12.2. The van der Waals surface area contributed by atoms with E-state index in [-0.39, 0.29) is 12.3 Å². The Kier molecular flexibility index (Phi) is 5.75. The zero-order valence-corrected chi connectivity index (χ0v) is 14.2. The molecule has 6 nitrogen and oxygen atoms in total. The predicted octanol–water partition coefficient (Wildman–Crippen LogP) is 4.41. The number of nitriles is 1. The van der Waals surface area contributed by atoms with Gasteiger partial charge in [-0.2, -0.15) is 5.26 Å². The Morgan fingerprint density at radius 1 is 1.28 bits per heavy atom. The molecule has 0 fully saturated rings. The molecule has 128 valence electrons. The highest BCUT2D eigenvalue weighted by Gasteiger charge is 2.23. The average Bonchev–Trinajstić information content (AvgIpc) is 2.65. The van der Waals surface area contributed by atoms with Gasteiger partial charge in [0.25, 0.3) is 5.69 Å². The van der Waals surface area contributed by atoms with E-state index in [1.807, 2.05) is 30.9 Å². The standard InChI is InChI=1S/C17H13N3O3.C2H6/c1-12-11-23-17-8-15(20(21)22)6-7-16(17)19(12)10-14-4-2-13(9-18)3-5-14;1-2/h2-8H,1,10-11H2;1-2H3. The van der Waals surface area contributed by atoms with Gasteiger partial charge in [-0.3, -0.25) is 10.1 Å². The highest BCUT2D eigenvalue weighted by Crippen LogP contribution is 2.38. The maximum Gasteiger partial charge on any atom is 0.273 e. The third-order valence-electron chi connectivity index (χ3n) is 3.64. The number of hydrogen-bond acceptors (Lipinski definition) is 5. The van der Waals surface area contributed by atoms with Crippen molar-refractivity contribution in [2.24, 2.45) is 0 Å². The molecule has 0 spiro atoms. The van der Waals surface area contributed by atoms with Crippen molar-refractivity contribution in [2.45, 2.75) is 20.4 Å². The Hall–Kier alpha value is -3.33. The highest BCUT2D eigenvalue weighted by molar-refractivity contribution is 5.67. The van der Waals surface area contributed by atoms with Gasteiger partial charge in [0, 0.05) is 18.3 Å². The van der Waals surface area contributed by atoms with Gasteiger partial charge < -0.3 is 9.64 Å². The highest BCUT2D eigenvalue weighted by atomic mass is 16.6. The van der Waals surface area contributed by atoms with Crippen LogP contribution in [0.3, 0.4) is 0 Å². The number of nitro groups is 1. The lowest BCUT2D eigenvalue weighted by molar-refractivity contribution is -0.384. The first-order chi connectivity index (χ1) is 12.1. The first-order valence-electron chi connectivity index (χ1n) is 7.94. The zero-order valence-electron chi connectivity index (χ0n) is 14.2. The second kappa shape index (κ2) is 7.97. The van der Waals surface area contributed by atoms with Crippen LogP contribution in [-0.2, 0) is 6.54 Å². The zero-order chi connectivity index (χ0) is 18.4. The van der Waals surface area contributed by atoms with Gasteiger partial charge in [0.2, 0.25) is 0 Å². The van der Waals surface area contributed by atoms with Crippen molar-refractivity contribution in [3.8, 4) is 11.8 Å². The Bertz CT molecular complexity index is 823. The van der Waals surface area contributed by atoms with Gasteiger partial charge in [-0.25, -0.2) is 0 Å². The molecular formula is C19H19N3O3. The quantitative estimate of drug-likeness (QED) is 0.612. The summed E-state index contributed by atoms with van der Waals surface area (Å²) in [6, 6.07) is 13.9. The fraction of sp³-hybridized carbons (Fsp3) is 0.211. The van der Waals surface area contributed by atoms with Crippen LogP contribution in [0, 0.1) is 21.4 Å². The second-order valence-corrected chi connectivity index (χ2v) is 5.16. The topological polar surface area (TPSA) is 79.4 Å². The molecule has 3 rings (SSSR count). The third kappa shape index (κ3) is 3.96. The van der Waals surface area contributed by atoms with E-state index in [9.17, 15) is 10.1 Å². The number of fused-ring (bicyclic) bond motifs is 1. The number of benzene rings is 2. The lowest BCUT2D eigenvalue weighted by atomic mass is 10.1. The fourth-order valence-electron chi connectivity index (χ4n) is 2.43. The van der Waals surface area contributed by atoms with Crippen molar-refractivity contribution in [3.05, 3.63) is 76.0 Å². The summed E-state index contributed by atoms with van der Waals surface area (Å²) >= 11 is 0. The molecule has 2 aromatic rings. The van der Waals surface area contributed by atoms with Crippen molar-refractivity contribution in [1.29, 1.82) is 5.26 Å². The maximum absolute atomic E-state index is 10.9. The fourth-order valence-corrected chi connectivity index (χ4v) is 2.43. The first kappa shape index (κ1) is 18.0. The Morgan fingerprint density at radius 2 is 1.96 bits per heavy atom. The minimum absolute atomic E-state index is 0.00501. The monoisotopic (exact) mass is 337 g/mol. The van der Waals surface area contributed by atoms with E-state index in [1.54, 1.807) is 18.2 Å². The molecular weight excluding hydrogens is 318 g/mol. The van der Waals surface area contributed by atoms with E-state index < -0.39 is 4.92 Å². The smallest absolute Gasteiger partial charge is 0.273 e. The van der Waals surface area contributed by atoms with Crippen LogP contribution in [0.4, 0.5) is 11.4 Å². The van der Waals surface area contributed by atoms with Crippen molar-refractivity contribution < 1.29 is 9.66 Å². The molecule has 25 heavy (non-hydrogen) atoms. The molecule has 0 saturated heterocycles. The van der Waals surface area contributed by atoms with E-state index in [4.69, 9.17) is 10.00 Å². The van der Waals surface area contributed by atoms with Gasteiger partial charge >= 0.3 is 0 Å². The molecule has 0 aliphatic carbocycles. The molecule has 0 aromatic heterocycles. The minimum atomic E-state index is -0.446. The van der Waals surface area contributed by atoms with Gasteiger partial charge in [-0.15, -0.1) is 0 Å². The lowest BCUT2D eigenvalue weighted by Crippen LogP contribution is -2.29. The van der Waals surface area contributed by atoms with E-state index >= 15 is 0 Å². The largest absolute Gasteiger partial charge is 0.485 e. The van der Waals surface area contributed by atoms with Crippen LogP contribution in [-0.4, -0.2) is 11.5 Å². The number of anilines is 1. The third-order valence-corrected chi connectivity index (χ3v) is 3.64. The Balaban J connectivity index is 0.00000109. The summed E-state index contributed by atoms with van der Waals surface area (Å²) in [5, 5.41) is 19.7. The molecule has 1 aliphatic heterocycles. The molecule has 0 amide bonds. The van der Waals surface area contributed by atoms with Crippen molar-refractivity contribution >= 4 is 11.4 Å². The summed E-state index contributed by atoms with van der Waals surface area (Å²) in [6.45, 7) is 8.83. The first-order valence-corrected chi connectivity index (χ1v) is 7.94. The molecule has 0 N–H and O–H groups in total. The molecule has 0 radical (unpaired) electrons. The average molecular weight is 337 g/mol. The lowest BCUT2D eigenvalue weighted by Gasteiger charge is -2.32. The van der Waals surface area contributed by atoms with Crippen LogP contribution in [0.2, 0.25) is 0 Å². The van der Waals surface area contributed by atoms with Crippen LogP contribution >= 0.6 is 0 Å². The van der Waals surface area contributed by atoms with E-state index in [1.165, 1.54) is 12.1 Å². The summed E-state index contributed by atoms with van der Waals surface area (Å²) in [5.74, 6) is 0.472. The summed E-state index contributed by atoms with van der Waals surface area (Å²) in [6.07, 6.45) is 0. The van der Waals surface area contributed by atoms with Gasteiger partial charge in [-0.1, -0.05) is 32.6 Å². The number of ether oxygens (including phenoxy) is 1. The van der Waals surface area contributed by atoms with Crippen LogP contribution in [0.5, 0.6) is 5.75 Å². The van der Waals surface area contributed by atoms with Crippen LogP contribution in [0.15, 0.2) is 54.7 Å². The Morgan fingerprint density at radius 3 is 2.56 bits per heavy atom. The van der Waals surface area contributed by atoms with E-state index in [2.05, 4.69) is 12.6 Å². The van der Waals surface area contributed by atoms with E-state index in [0.29, 0.717) is 17.9 Å². The molecule has 6 heteroatoms. The summed E-state index contributed by atoms with van der Waals surface area (Å²) in [7, 11) is 0. The van der Waals surface area contributed by atoms with Crippen molar-refractivity contribution in [1.82, 2.24) is 0 Å². The molecule has 2 aromatic carbocycles. The maximum atomic E-state index is 10.9. The van der Waals surface area contributed by atoms with Crippen molar-refractivity contribution in [3.63, 3.8) is 0 Å². The molecule has 0 unspecified atom stereocenters. The Labute approximate surface area is 146 Å². The summed E-state index contributed by atoms with van der Waals surface area (Å²) in [4.78, 5) is 12.4. The van der Waals surface area contributed by atoms with Gasteiger partial charge in [-0.05, 0) is 23.8 Å². The number of nitrogens with zero attached hydrogens (tertiary/aromatic N) is 3. The molecule has 0 bridgehead atoms. The van der Waals surface area contributed by atoms with Gasteiger partial charge in [0.1, 0.15) is 12.4 Å². The molecule has 0 saturated carbocycles. The number of rotatable bonds is 3. The van der Waals surface area contributed by atoms with Gasteiger partial charge in [0.15, 0.2) is 0 Å². The number of non-ortho nitro benzene ring substituents is 1. The van der Waals surface area contributed by atoms with Crippen LogP contribution < -0.4 is 9.64 Å². The summed E-state index contributed by atoms with van der Waals surface area (Å²) in [5.41, 5.74) is 3.13. The number of nitro benzene ring substituents is 1. The second-order valence-electron chi connectivity index (χ2n) is 5.16.